The number of benzene rings is 1. The van der Waals surface area contributed by atoms with E-state index in [4.69, 9.17) is 0 Å². The van der Waals surface area contributed by atoms with Crippen molar-refractivity contribution in [2.75, 3.05) is 16.8 Å². The van der Waals surface area contributed by atoms with Crippen LogP contribution >= 0.6 is 0 Å². The second-order valence-electron chi connectivity index (χ2n) is 6.20. The van der Waals surface area contributed by atoms with Crippen LogP contribution < -0.4 is 5.32 Å². The molecule has 26 heavy (non-hydrogen) atoms. The lowest BCUT2D eigenvalue weighted by atomic mass is 10.1. The fourth-order valence-electron chi connectivity index (χ4n) is 2.86. The van der Waals surface area contributed by atoms with Crippen molar-refractivity contribution in [3.8, 4) is 0 Å². The van der Waals surface area contributed by atoms with Gasteiger partial charge in [0, 0.05) is 11.6 Å². The fourth-order valence-corrected chi connectivity index (χ4v) is 4.55. The number of carbonyl (C=O) groups is 1. The number of amides is 1. The molecule has 1 N–H and O–H groups in total. The molecular formula is C16H16F3N3O3S. The average molecular weight is 387 g/mol. The van der Waals surface area contributed by atoms with Crippen LogP contribution in [0.5, 0.6) is 0 Å². The maximum absolute atomic E-state index is 12.6. The van der Waals surface area contributed by atoms with Crippen LogP contribution in [-0.2, 0) is 16.0 Å². The van der Waals surface area contributed by atoms with Crippen LogP contribution in [0.15, 0.2) is 30.3 Å². The van der Waals surface area contributed by atoms with Gasteiger partial charge in [0.2, 0.25) is 0 Å². The molecule has 140 valence electrons. The minimum Gasteiger partial charge on any atom is -0.307 e. The summed E-state index contributed by atoms with van der Waals surface area (Å²) in [7, 11) is -3.13. The van der Waals surface area contributed by atoms with Gasteiger partial charge in [-0.15, -0.1) is 0 Å². The van der Waals surface area contributed by atoms with E-state index in [9.17, 15) is 26.4 Å². The van der Waals surface area contributed by atoms with E-state index in [2.05, 4.69) is 10.4 Å². The van der Waals surface area contributed by atoms with Gasteiger partial charge in [-0.3, -0.25) is 4.79 Å². The minimum atomic E-state index is -4.47. The number of hydrogen-bond donors (Lipinski definition) is 1. The fraction of sp³-hybridized carbons (Fsp3) is 0.375. The van der Waals surface area contributed by atoms with E-state index < -0.39 is 27.5 Å². The summed E-state index contributed by atoms with van der Waals surface area (Å²) in [5.74, 6) is -0.282. The molecule has 1 aliphatic rings. The summed E-state index contributed by atoms with van der Waals surface area (Å²) < 4.78 is 62.6. The Balaban J connectivity index is 1.80. The molecule has 1 aromatic carbocycles. The van der Waals surface area contributed by atoms with Crippen LogP contribution in [-0.4, -0.2) is 35.6 Å². The first-order valence-electron chi connectivity index (χ1n) is 7.80. The van der Waals surface area contributed by atoms with Crippen molar-refractivity contribution in [1.82, 2.24) is 9.78 Å². The summed E-state index contributed by atoms with van der Waals surface area (Å²) in [5.41, 5.74) is -0.189. The van der Waals surface area contributed by atoms with Crippen molar-refractivity contribution in [3.05, 3.63) is 47.2 Å². The smallest absolute Gasteiger partial charge is 0.307 e. The van der Waals surface area contributed by atoms with Crippen LogP contribution in [0.1, 0.15) is 34.1 Å². The maximum atomic E-state index is 12.6. The second-order valence-corrected chi connectivity index (χ2v) is 8.43. The van der Waals surface area contributed by atoms with E-state index in [1.54, 1.807) is 13.0 Å². The highest BCUT2D eigenvalue weighted by Gasteiger charge is 2.32. The Bertz CT molecular complexity index is 934. The normalized spacial score (nSPS) is 19.5. The van der Waals surface area contributed by atoms with Crippen molar-refractivity contribution in [1.29, 1.82) is 0 Å². The molecule has 1 aromatic heterocycles. The molecule has 2 aromatic rings. The SMILES string of the molecule is Cc1cc(NC(=O)c2ccc(C(F)(F)F)cc2)n(C2CCS(=O)(=O)C2)n1. The van der Waals surface area contributed by atoms with Gasteiger partial charge in [0.15, 0.2) is 9.84 Å². The van der Waals surface area contributed by atoms with Crippen LogP contribution in [0, 0.1) is 6.92 Å². The van der Waals surface area contributed by atoms with E-state index in [-0.39, 0.29) is 23.1 Å². The highest BCUT2D eigenvalue weighted by atomic mass is 32.2. The summed E-state index contributed by atoms with van der Waals surface area (Å²) in [5, 5.41) is 6.84. The molecule has 1 amide bonds. The van der Waals surface area contributed by atoms with Crippen molar-refractivity contribution >= 4 is 21.6 Å². The van der Waals surface area contributed by atoms with E-state index in [1.807, 2.05) is 0 Å². The third kappa shape index (κ3) is 3.90. The molecule has 6 nitrogen and oxygen atoms in total. The molecule has 1 unspecified atom stereocenters. The molecule has 0 aliphatic carbocycles. The number of sulfone groups is 1. The van der Waals surface area contributed by atoms with Crippen molar-refractivity contribution in [3.63, 3.8) is 0 Å². The number of alkyl halides is 3. The van der Waals surface area contributed by atoms with Gasteiger partial charge in [0.05, 0.1) is 28.8 Å². The highest BCUT2D eigenvalue weighted by molar-refractivity contribution is 7.91. The largest absolute Gasteiger partial charge is 0.416 e. The number of carbonyl (C=O) groups excluding carboxylic acids is 1. The minimum absolute atomic E-state index is 0.0578. The first kappa shape index (κ1) is 18.4. The zero-order valence-corrected chi connectivity index (χ0v) is 14.6. The van der Waals surface area contributed by atoms with Gasteiger partial charge in [-0.2, -0.15) is 18.3 Å². The first-order chi connectivity index (χ1) is 12.0. The lowest BCUT2D eigenvalue weighted by molar-refractivity contribution is -0.137. The lowest BCUT2D eigenvalue weighted by Crippen LogP contribution is -2.19. The number of aryl methyl sites for hydroxylation is 1. The van der Waals surface area contributed by atoms with Crippen LogP contribution in [0.3, 0.4) is 0 Å². The second kappa shape index (κ2) is 6.42. The quantitative estimate of drug-likeness (QED) is 0.878. The number of rotatable bonds is 3. The van der Waals surface area contributed by atoms with Gasteiger partial charge in [-0.05, 0) is 37.6 Å². The van der Waals surface area contributed by atoms with Gasteiger partial charge in [0.25, 0.3) is 5.91 Å². The molecule has 3 rings (SSSR count). The third-order valence-electron chi connectivity index (χ3n) is 4.13. The molecule has 1 atom stereocenters. The third-order valence-corrected chi connectivity index (χ3v) is 5.88. The van der Waals surface area contributed by atoms with Crippen LogP contribution in [0.4, 0.5) is 19.0 Å². The topological polar surface area (TPSA) is 81.1 Å². The van der Waals surface area contributed by atoms with E-state index in [0.29, 0.717) is 17.9 Å². The Morgan fingerprint density at radius 2 is 1.92 bits per heavy atom. The standard InChI is InChI=1S/C16H16F3N3O3S/c1-10-8-14(22(21-10)13-6-7-26(24,25)9-13)20-15(23)11-2-4-12(5-3-11)16(17,18)19/h2-5,8,13H,6-7,9H2,1H3,(H,20,23). The highest BCUT2D eigenvalue weighted by Crippen LogP contribution is 2.30. The van der Waals surface area contributed by atoms with Crippen LogP contribution in [0.2, 0.25) is 0 Å². The van der Waals surface area contributed by atoms with E-state index in [0.717, 1.165) is 24.3 Å². The molecule has 0 saturated carbocycles. The number of aromatic nitrogens is 2. The molecule has 1 fully saturated rings. The monoisotopic (exact) mass is 387 g/mol. The maximum Gasteiger partial charge on any atom is 0.416 e. The molecule has 1 saturated heterocycles. The summed E-state index contributed by atoms with van der Waals surface area (Å²) in [6, 6.07) is 5.06. The lowest BCUT2D eigenvalue weighted by Gasteiger charge is -2.14. The molecule has 0 spiro atoms. The first-order valence-corrected chi connectivity index (χ1v) is 9.62. The Labute approximate surface area is 147 Å². The summed E-state index contributed by atoms with van der Waals surface area (Å²) in [6.07, 6.45) is -4.08. The van der Waals surface area contributed by atoms with Gasteiger partial charge < -0.3 is 5.32 Å². The van der Waals surface area contributed by atoms with Gasteiger partial charge >= 0.3 is 6.18 Å². The molecule has 10 heteroatoms. The average Bonchev–Trinajstić information content (AvgIpc) is 3.08. The number of nitrogens with zero attached hydrogens (tertiary/aromatic N) is 2. The van der Waals surface area contributed by atoms with E-state index in [1.165, 1.54) is 4.68 Å². The van der Waals surface area contributed by atoms with E-state index >= 15 is 0 Å². The Hall–Kier alpha value is -2.36. The molecule has 1 aliphatic heterocycles. The summed E-state index contributed by atoms with van der Waals surface area (Å²) in [6.45, 7) is 1.70. The number of anilines is 1. The number of nitrogens with one attached hydrogen (secondary N) is 1. The Morgan fingerprint density at radius 3 is 2.46 bits per heavy atom. The molecule has 2 heterocycles. The number of hydrogen-bond acceptors (Lipinski definition) is 4. The van der Waals surface area contributed by atoms with Crippen molar-refractivity contribution < 1.29 is 26.4 Å². The molecule has 0 radical (unpaired) electrons. The predicted octanol–water partition coefficient (Wildman–Crippen LogP) is 2.82. The van der Waals surface area contributed by atoms with Crippen LogP contribution in [0.25, 0.3) is 0 Å². The summed E-state index contributed by atoms with van der Waals surface area (Å²) in [4.78, 5) is 12.3. The van der Waals surface area contributed by atoms with Gasteiger partial charge in [-0.25, -0.2) is 13.1 Å². The number of halogens is 3. The Morgan fingerprint density at radius 1 is 1.27 bits per heavy atom. The zero-order chi connectivity index (χ0) is 19.1. The Kier molecular flexibility index (Phi) is 4.55. The molecule has 0 bridgehead atoms. The van der Waals surface area contributed by atoms with Gasteiger partial charge in [0.1, 0.15) is 5.82 Å². The van der Waals surface area contributed by atoms with Crippen molar-refractivity contribution in [2.45, 2.75) is 25.6 Å². The van der Waals surface area contributed by atoms with Gasteiger partial charge in [-0.1, -0.05) is 0 Å². The zero-order valence-electron chi connectivity index (χ0n) is 13.7. The molecular weight excluding hydrogens is 371 g/mol. The summed E-state index contributed by atoms with van der Waals surface area (Å²) >= 11 is 0. The van der Waals surface area contributed by atoms with Crippen molar-refractivity contribution in [2.24, 2.45) is 0 Å². The predicted molar refractivity (Wildman–Crippen MR) is 88.7 cm³/mol.